The molecule has 2 heterocycles. The number of carbonyl (C=O) groups excluding carboxylic acids is 1. The average Bonchev–Trinajstić information content (AvgIpc) is 2.79. The molecule has 1 aliphatic rings. The molecule has 1 N–H and O–H groups in total. The molecule has 0 bridgehead atoms. The van der Waals surface area contributed by atoms with E-state index in [9.17, 15) is 13.6 Å². The SMILES string of the molecule is O=C(COc1ccc(F)cc1F)Nc1cc(N2CCN(c3ccccc3)CC2)ncn1. The highest BCUT2D eigenvalue weighted by atomic mass is 19.1. The fraction of sp³-hybridized carbons (Fsp3) is 0.227. The number of hydrogen-bond donors (Lipinski definition) is 1. The number of anilines is 3. The van der Waals surface area contributed by atoms with E-state index in [0.717, 1.165) is 38.3 Å². The van der Waals surface area contributed by atoms with Crippen molar-refractivity contribution in [3.05, 3.63) is 72.6 Å². The number of halogens is 2. The van der Waals surface area contributed by atoms with E-state index < -0.39 is 24.1 Å². The highest BCUT2D eigenvalue weighted by Crippen LogP contribution is 2.20. The van der Waals surface area contributed by atoms with Crippen molar-refractivity contribution in [2.45, 2.75) is 0 Å². The quantitative estimate of drug-likeness (QED) is 0.655. The Morgan fingerprint density at radius 1 is 0.968 bits per heavy atom. The number of ether oxygens (including phenoxy) is 1. The molecule has 2 aromatic carbocycles. The molecular formula is C22H21F2N5O2. The van der Waals surface area contributed by atoms with Gasteiger partial charge in [0.05, 0.1) is 0 Å². The lowest BCUT2D eigenvalue weighted by atomic mass is 10.2. The van der Waals surface area contributed by atoms with Crippen molar-refractivity contribution in [3.8, 4) is 5.75 Å². The molecule has 0 radical (unpaired) electrons. The fourth-order valence-electron chi connectivity index (χ4n) is 3.34. The predicted molar refractivity (Wildman–Crippen MR) is 113 cm³/mol. The van der Waals surface area contributed by atoms with Gasteiger partial charge in [0.1, 0.15) is 23.8 Å². The van der Waals surface area contributed by atoms with Crippen molar-refractivity contribution in [2.24, 2.45) is 0 Å². The normalized spacial score (nSPS) is 13.7. The molecule has 3 aromatic rings. The van der Waals surface area contributed by atoms with Crippen molar-refractivity contribution in [3.63, 3.8) is 0 Å². The van der Waals surface area contributed by atoms with Crippen LogP contribution in [0.1, 0.15) is 0 Å². The minimum Gasteiger partial charge on any atom is -0.481 e. The van der Waals surface area contributed by atoms with Crippen molar-refractivity contribution < 1.29 is 18.3 Å². The minimum atomic E-state index is -0.869. The van der Waals surface area contributed by atoms with Crippen LogP contribution in [-0.2, 0) is 4.79 Å². The van der Waals surface area contributed by atoms with Crippen molar-refractivity contribution in [2.75, 3.05) is 47.9 Å². The molecule has 0 spiro atoms. The summed E-state index contributed by atoms with van der Waals surface area (Å²) in [5.41, 5.74) is 1.19. The summed E-state index contributed by atoms with van der Waals surface area (Å²) >= 11 is 0. The maximum atomic E-state index is 13.6. The first kappa shape index (κ1) is 20.5. The number of aromatic nitrogens is 2. The van der Waals surface area contributed by atoms with Gasteiger partial charge in [-0.25, -0.2) is 18.7 Å². The zero-order valence-electron chi connectivity index (χ0n) is 16.7. The van der Waals surface area contributed by atoms with Gasteiger partial charge in [0.2, 0.25) is 0 Å². The lowest BCUT2D eigenvalue weighted by Crippen LogP contribution is -2.46. The van der Waals surface area contributed by atoms with Crippen LogP contribution in [-0.4, -0.2) is 48.7 Å². The molecule has 0 atom stereocenters. The Hall–Kier alpha value is -3.75. The highest BCUT2D eigenvalue weighted by Gasteiger charge is 2.19. The van der Waals surface area contributed by atoms with E-state index in [1.54, 1.807) is 6.07 Å². The van der Waals surface area contributed by atoms with Crippen molar-refractivity contribution in [1.82, 2.24) is 9.97 Å². The smallest absolute Gasteiger partial charge is 0.263 e. The van der Waals surface area contributed by atoms with Gasteiger partial charge in [0.25, 0.3) is 5.91 Å². The van der Waals surface area contributed by atoms with Gasteiger partial charge < -0.3 is 19.9 Å². The molecule has 1 amide bonds. The minimum absolute atomic E-state index is 0.198. The Kier molecular flexibility index (Phi) is 6.21. The second-order valence-electron chi connectivity index (χ2n) is 6.98. The van der Waals surface area contributed by atoms with Gasteiger partial charge >= 0.3 is 0 Å². The number of benzene rings is 2. The molecule has 1 fully saturated rings. The van der Waals surface area contributed by atoms with Crippen molar-refractivity contribution in [1.29, 1.82) is 0 Å². The lowest BCUT2D eigenvalue weighted by molar-refractivity contribution is -0.118. The Morgan fingerprint density at radius 3 is 2.45 bits per heavy atom. The molecule has 0 saturated carbocycles. The molecule has 1 aliphatic heterocycles. The van der Waals surface area contributed by atoms with Crippen LogP contribution < -0.4 is 19.9 Å². The number of nitrogens with zero attached hydrogens (tertiary/aromatic N) is 4. The third-order valence-electron chi connectivity index (χ3n) is 4.90. The summed E-state index contributed by atoms with van der Waals surface area (Å²) < 4.78 is 31.6. The van der Waals surface area contributed by atoms with Crippen molar-refractivity contribution >= 4 is 23.2 Å². The van der Waals surface area contributed by atoms with Gasteiger partial charge in [-0.1, -0.05) is 18.2 Å². The number of rotatable bonds is 6. The van der Waals surface area contributed by atoms with Gasteiger partial charge in [-0.2, -0.15) is 0 Å². The molecule has 31 heavy (non-hydrogen) atoms. The maximum Gasteiger partial charge on any atom is 0.263 e. The number of amides is 1. The van der Waals surface area contributed by atoms with E-state index in [2.05, 4.69) is 37.2 Å². The molecule has 7 nitrogen and oxygen atoms in total. The van der Waals surface area contributed by atoms with Crippen LogP contribution in [0.15, 0.2) is 60.9 Å². The number of carbonyl (C=O) groups is 1. The largest absolute Gasteiger partial charge is 0.481 e. The number of nitrogens with one attached hydrogen (secondary N) is 1. The zero-order valence-corrected chi connectivity index (χ0v) is 16.7. The fourth-order valence-corrected chi connectivity index (χ4v) is 3.34. The van der Waals surface area contributed by atoms with Gasteiger partial charge in [-0.15, -0.1) is 0 Å². The van der Waals surface area contributed by atoms with Crippen LogP contribution in [0.4, 0.5) is 26.1 Å². The van der Waals surface area contributed by atoms with Crippen LogP contribution >= 0.6 is 0 Å². The Balaban J connectivity index is 1.31. The van der Waals surface area contributed by atoms with E-state index in [4.69, 9.17) is 4.74 Å². The Labute approximate surface area is 178 Å². The van der Waals surface area contributed by atoms with Crippen LogP contribution in [0.2, 0.25) is 0 Å². The van der Waals surface area contributed by atoms with E-state index in [-0.39, 0.29) is 5.75 Å². The second-order valence-corrected chi connectivity index (χ2v) is 6.98. The zero-order chi connectivity index (χ0) is 21.6. The Bertz CT molecular complexity index is 1040. The first-order valence-electron chi connectivity index (χ1n) is 9.83. The van der Waals surface area contributed by atoms with Crippen LogP contribution in [0, 0.1) is 11.6 Å². The number of piperazine rings is 1. The van der Waals surface area contributed by atoms with Crippen LogP contribution in [0.3, 0.4) is 0 Å². The molecule has 4 rings (SSSR count). The molecule has 160 valence electrons. The van der Waals surface area contributed by atoms with Gasteiger partial charge in [0.15, 0.2) is 18.2 Å². The average molecular weight is 425 g/mol. The summed E-state index contributed by atoms with van der Waals surface area (Å²) in [7, 11) is 0. The van der Waals surface area contributed by atoms with E-state index in [1.807, 2.05) is 18.2 Å². The summed E-state index contributed by atoms with van der Waals surface area (Å²) in [6, 6.07) is 14.8. The Morgan fingerprint density at radius 2 is 1.71 bits per heavy atom. The summed E-state index contributed by atoms with van der Waals surface area (Å²) in [5.74, 6) is -1.26. The second kappa shape index (κ2) is 9.38. The monoisotopic (exact) mass is 425 g/mol. The standard InChI is InChI=1S/C22H21F2N5O2/c23-16-6-7-19(18(24)12-16)31-14-22(30)27-20-13-21(26-15-25-20)29-10-8-28(9-11-29)17-4-2-1-3-5-17/h1-7,12-13,15H,8-11,14H2,(H,25,26,27,30). The highest BCUT2D eigenvalue weighted by molar-refractivity contribution is 5.91. The summed E-state index contributed by atoms with van der Waals surface area (Å²) in [4.78, 5) is 24.9. The summed E-state index contributed by atoms with van der Waals surface area (Å²) in [6.07, 6.45) is 1.38. The number of hydrogen-bond acceptors (Lipinski definition) is 6. The summed E-state index contributed by atoms with van der Waals surface area (Å²) in [5, 5.41) is 2.61. The molecule has 1 aromatic heterocycles. The van der Waals surface area contributed by atoms with Gasteiger partial charge in [-0.3, -0.25) is 4.79 Å². The van der Waals surface area contributed by atoms with Crippen LogP contribution in [0.5, 0.6) is 5.75 Å². The predicted octanol–water partition coefficient (Wildman–Crippen LogP) is 3.10. The maximum absolute atomic E-state index is 13.6. The summed E-state index contributed by atoms with van der Waals surface area (Å²) in [6.45, 7) is 2.84. The lowest BCUT2D eigenvalue weighted by Gasteiger charge is -2.36. The molecular weight excluding hydrogens is 404 g/mol. The molecule has 1 saturated heterocycles. The number of para-hydroxylation sites is 1. The van der Waals surface area contributed by atoms with E-state index >= 15 is 0 Å². The first-order chi connectivity index (χ1) is 15.1. The molecule has 9 heteroatoms. The van der Waals surface area contributed by atoms with Gasteiger partial charge in [0, 0.05) is 44.0 Å². The van der Waals surface area contributed by atoms with Gasteiger partial charge in [-0.05, 0) is 24.3 Å². The first-order valence-corrected chi connectivity index (χ1v) is 9.83. The molecule has 0 unspecified atom stereocenters. The van der Waals surface area contributed by atoms with Crippen LogP contribution in [0.25, 0.3) is 0 Å². The topological polar surface area (TPSA) is 70.6 Å². The third-order valence-corrected chi connectivity index (χ3v) is 4.90. The molecule has 0 aliphatic carbocycles. The third kappa shape index (κ3) is 5.25. The van der Waals surface area contributed by atoms with E-state index in [1.165, 1.54) is 12.0 Å². The van der Waals surface area contributed by atoms with E-state index in [0.29, 0.717) is 17.7 Å².